The molecule has 0 saturated heterocycles. The summed E-state index contributed by atoms with van der Waals surface area (Å²) < 4.78 is 1.68. The fourth-order valence-electron chi connectivity index (χ4n) is 1.00. The van der Waals surface area contributed by atoms with Crippen molar-refractivity contribution in [1.29, 1.82) is 5.41 Å². The molecule has 2 rings (SSSR count). The minimum absolute atomic E-state index is 0.449. The Morgan fingerprint density at radius 1 is 1.27 bits per heavy atom. The second kappa shape index (κ2) is 2.16. The van der Waals surface area contributed by atoms with Crippen molar-refractivity contribution in [2.24, 2.45) is 0 Å². The molecule has 56 valence electrons. The number of nitrogens with zero attached hydrogens (tertiary/aromatic N) is 1. The maximum atomic E-state index is 7.44. The predicted octanol–water partition coefficient (Wildman–Crippen LogP) is 0.613. The number of hydrogen-bond donors (Lipinski definition) is 3. The normalized spacial score (nSPS) is 10.2. The summed E-state index contributed by atoms with van der Waals surface area (Å²) in [6.45, 7) is 0. The standard InChI is InChI=1S/C7H8N4/c8-7-2-4-10-11(7)6-1-3-9-5-6/h1-5,8-10H. The van der Waals surface area contributed by atoms with E-state index in [9.17, 15) is 0 Å². The van der Waals surface area contributed by atoms with E-state index in [1.54, 1.807) is 16.9 Å². The molecule has 2 aromatic heterocycles. The van der Waals surface area contributed by atoms with Crippen LogP contribution in [0.1, 0.15) is 0 Å². The first kappa shape index (κ1) is 6.03. The van der Waals surface area contributed by atoms with Crippen molar-refractivity contribution in [2.75, 3.05) is 0 Å². The molecule has 0 amide bonds. The van der Waals surface area contributed by atoms with Gasteiger partial charge in [-0.05, 0) is 12.1 Å². The Bertz CT molecular complexity index is 378. The number of rotatable bonds is 1. The molecule has 0 bridgehead atoms. The Kier molecular flexibility index (Phi) is 1.18. The van der Waals surface area contributed by atoms with E-state index >= 15 is 0 Å². The summed E-state index contributed by atoms with van der Waals surface area (Å²) in [5.41, 5.74) is 1.39. The third-order valence-electron chi connectivity index (χ3n) is 1.53. The van der Waals surface area contributed by atoms with Crippen LogP contribution in [0.5, 0.6) is 0 Å². The molecule has 2 heterocycles. The van der Waals surface area contributed by atoms with E-state index in [0.717, 1.165) is 5.69 Å². The lowest BCUT2D eigenvalue weighted by Gasteiger charge is -1.95. The van der Waals surface area contributed by atoms with E-state index < -0.39 is 0 Å². The molecule has 0 aromatic carbocycles. The highest BCUT2D eigenvalue weighted by atomic mass is 15.3. The van der Waals surface area contributed by atoms with Crippen molar-refractivity contribution >= 4 is 0 Å². The fourth-order valence-corrected chi connectivity index (χ4v) is 1.00. The van der Waals surface area contributed by atoms with Gasteiger partial charge < -0.3 is 4.98 Å². The Balaban J connectivity index is 2.62. The maximum Gasteiger partial charge on any atom is 0.145 e. The van der Waals surface area contributed by atoms with Crippen LogP contribution in [0.4, 0.5) is 0 Å². The van der Waals surface area contributed by atoms with Crippen LogP contribution in [-0.4, -0.2) is 14.8 Å². The highest BCUT2D eigenvalue weighted by molar-refractivity contribution is 5.25. The minimum Gasteiger partial charge on any atom is -0.366 e. The number of hydrogen-bond acceptors (Lipinski definition) is 1. The lowest BCUT2D eigenvalue weighted by atomic mass is 10.5. The van der Waals surface area contributed by atoms with Gasteiger partial charge in [0.2, 0.25) is 0 Å². The predicted molar refractivity (Wildman–Crippen MR) is 40.3 cm³/mol. The first-order chi connectivity index (χ1) is 5.38. The number of nitrogens with one attached hydrogen (secondary N) is 3. The number of H-pyrrole nitrogens is 2. The topological polar surface area (TPSA) is 60.4 Å². The van der Waals surface area contributed by atoms with Crippen LogP contribution < -0.4 is 5.49 Å². The summed E-state index contributed by atoms with van der Waals surface area (Å²) >= 11 is 0. The molecule has 11 heavy (non-hydrogen) atoms. The van der Waals surface area contributed by atoms with Crippen molar-refractivity contribution in [3.63, 3.8) is 0 Å². The molecule has 0 saturated carbocycles. The SMILES string of the molecule is N=c1cc[nH]n1-c1cc[nH]c1. The summed E-state index contributed by atoms with van der Waals surface area (Å²) in [4.78, 5) is 2.92. The first-order valence-corrected chi connectivity index (χ1v) is 3.32. The van der Waals surface area contributed by atoms with Crippen LogP contribution in [0.3, 0.4) is 0 Å². The Hall–Kier alpha value is -1.71. The van der Waals surface area contributed by atoms with Gasteiger partial charge in [-0.15, -0.1) is 0 Å². The molecule has 0 aliphatic heterocycles. The average Bonchev–Trinajstić information content (AvgIpc) is 2.55. The molecule has 4 heteroatoms. The van der Waals surface area contributed by atoms with Gasteiger partial charge in [0.25, 0.3) is 0 Å². The van der Waals surface area contributed by atoms with E-state index in [0.29, 0.717) is 5.49 Å². The van der Waals surface area contributed by atoms with Crippen molar-refractivity contribution in [2.45, 2.75) is 0 Å². The van der Waals surface area contributed by atoms with Crippen LogP contribution in [-0.2, 0) is 0 Å². The molecule has 3 N–H and O–H groups in total. The molecule has 4 nitrogen and oxygen atoms in total. The first-order valence-electron chi connectivity index (χ1n) is 3.32. The zero-order valence-electron chi connectivity index (χ0n) is 5.83. The largest absolute Gasteiger partial charge is 0.366 e. The van der Waals surface area contributed by atoms with E-state index in [1.165, 1.54) is 0 Å². The maximum absolute atomic E-state index is 7.44. The summed E-state index contributed by atoms with van der Waals surface area (Å²) in [7, 11) is 0. The van der Waals surface area contributed by atoms with Crippen molar-refractivity contribution in [3.8, 4) is 5.69 Å². The smallest absolute Gasteiger partial charge is 0.145 e. The minimum atomic E-state index is 0.449. The summed E-state index contributed by atoms with van der Waals surface area (Å²) in [6.07, 6.45) is 5.38. The van der Waals surface area contributed by atoms with E-state index in [2.05, 4.69) is 10.1 Å². The molecule has 0 atom stereocenters. The van der Waals surface area contributed by atoms with Crippen molar-refractivity contribution < 1.29 is 0 Å². The van der Waals surface area contributed by atoms with Gasteiger partial charge in [-0.3, -0.25) is 10.5 Å². The number of aromatic nitrogens is 3. The van der Waals surface area contributed by atoms with Gasteiger partial charge in [0.15, 0.2) is 0 Å². The lowest BCUT2D eigenvalue weighted by Crippen LogP contribution is -2.12. The Morgan fingerprint density at radius 3 is 2.73 bits per heavy atom. The molecular weight excluding hydrogens is 140 g/mol. The Morgan fingerprint density at radius 2 is 2.18 bits per heavy atom. The van der Waals surface area contributed by atoms with E-state index in [-0.39, 0.29) is 0 Å². The number of aromatic amines is 2. The molecular formula is C7H8N4. The third-order valence-corrected chi connectivity index (χ3v) is 1.53. The molecule has 0 spiro atoms. The van der Waals surface area contributed by atoms with Gasteiger partial charge in [0, 0.05) is 18.6 Å². The van der Waals surface area contributed by atoms with Crippen LogP contribution in [0.2, 0.25) is 0 Å². The van der Waals surface area contributed by atoms with Crippen LogP contribution >= 0.6 is 0 Å². The average molecular weight is 148 g/mol. The van der Waals surface area contributed by atoms with Crippen LogP contribution in [0, 0.1) is 5.41 Å². The van der Waals surface area contributed by atoms with Gasteiger partial charge in [0.05, 0.1) is 5.69 Å². The summed E-state index contributed by atoms with van der Waals surface area (Å²) in [5.74, 6) is 0. The quantitative estimate of drug-likeness (QED) is 0.530. The summed E-state index contributed by atoms with van der Waals surface area (Å²) in [5, 5.41) is 10.4. The van der Waals surface area contributed by atoms with Gasteiger partial charge in [-0.1, -0.05) is 0 Å². The molecule has 2 aromatic rings. The fraction of sp³-hybridized carbons (Fsp3) is 0. The van der Waals surface area contributed by atoms with Gasteiger partial charge in [-0.25, -0.2) is 4.68 Å². The van der Waals surface area contributed by atoms with E-state index in [1.807, 2.05) is 18.5 Å². The van der Waals surface area contributed by atoms with Gasteiger partial charge in [-0.2, -0.15) is 0 Å². The van der Waals surface area contributed by atoms with Gasteiger partial charge in [0.1, 0.15) is 5.49 Å². The zero-order chi connectivity index (χ0) is 7.68. The molecule has 0 radical (unpaired) electrons. The monoisotopic (exact) mass is 148 g/mol. The van der Waals surface area contributed by atoms with E-state index in [4.69, 9.17) is 5.41 Å². The lowest BCUT2D eigenvalue weighted by molar-refractivity contribution is 0.817. The molecule has 0 fully saturated rings. The molecule has 0 aliphatic rings. The van der Waals surface area contributed by atoms with Crippen LogP contribution in [0.25, 0.3) is 5.69 Å². The zero-order valence-corrected chi connectivity index (χ0v) is 5.83. The highest BCUT2D eigenvalue weighted by Crippen LogP contribution is 1.98. The second-order valence-electron chi connectivity index (χ2n) is 2.25. The second-order valence-corrected chi connectivity index (χ2v) is 2.25. The van der Waals surface area contributed by atoms with Crippen LogP contribution in [0.15, 0.2) is 30.7 Å². The van der Waals surface area contributed by atoms with Gasteiger partial charge >= 0.3 is 0 Å². The molecule has 0 unspecified atom stereocenters. The highest BCUT2D eigenvalue weighted by Gasteiger charge is 1.94. The molecule has 0 aliphatic carbocycles. The van der Waals surface area contributed by atoms with Crippen molar-refractivity contribution in [1.82, 2.24) is 14.8 Å². The van der Waals surface area contributed by atoms with Crippen molar-refractivity contribution in [3.05, 3.63) is 36.2 Å². The summed E-state index contributed by atoms with van der Waals surface area (Å²) in [6, 6.07) is 3.60. The Labute approximate surface area is 63.0 Å². The third kappa shape index (κ3) is 0.881.